The molecule has 0 N–H and O–H groups in total. The summed E-state index contributed by atoms with van der Waals surface area (Å²) in [6.07, 6.45) is 1.62. The number of esters is 1. The van der Waals surface area contributed by atoms with E-state index in [1.54, 1.807) is 48.3 Å². The number of carbonyl (C=O) groups is 2. The van der Waals surface area contributed by atoms with E-state index in [0.717, 1.165) is 5.69 Å². The highest BCUT2D eigenvalue weighted by Gasteiger charge is 2.23. The van der Waals surface area contributed by atoms with E-state index < -0.39 is 5.97 Å². The Morgan fingerprint density at radius 3 is 2.28 bits per heavy atom. The fraction of sp³-hybridized carbons (Fsp3) is 0.105. The molecular weight excluding hydrogens is 318 g/mol. The minimum Gasteiger partial charge on any atom is -0.465 e. The Hall–Kier alpha value is -3.41. The molecule has 1 heterocycles. The second kappa shape index (κ2) is 7.00. The van der Waals surface area contributed by atoms with E-state index in [0.29, 0.717) is 5.82 Å². The van der Waals surface area contributed by atoms with Crippen molar-refractivity contribution in [3.05, 3.63) is 78.0 Å². The number of hydrogen-bond donors (Lipinski definition) is 0. The van der Waals surface area contributed by atoms with Crippen molar-refractivity contribution in [2.75, 3.05) is 19.1 Å². The SMILES string of the molecule is COC(=O)c1ccccc1C(=O)N(C)c1ccnn1-c1ccccc1. The first-order valence-corrected chi connectivity index (χ1v) is 7.68. The fourth-order valence-electron chi connectivity index (χ4n) is 2.56. The second-order valence-electron chi connectivity index (χ2n) is 5.34. The average Bonchev–Trinajstić information content (AvgIpc) is 3.16. The molecule has 6 heteroatoms. The number of methoxy groups -OCH3 is 1. The Bertz CT molecular complexity index is 903. The topological polar surface area (TPSA) is 64.4 Å². The van der Waals surface area contributed by atoms with Crippen LogP contribution in [0.2, 0.25) is 0 Å². The van der Waals surface area contributed by atoms with Crippen LogP contribution in [0, 0.1) is 0 Å². The van der Waals surface area contributed by atoms with Gasteiger partial charge in [0.15, 0.2) is 0 Å². The molecule has 25 heavy (non-hydrogen) atoms. The van der Waals surface area contributed by atoms with Gasteiger partial charge in [0, 0.05) is 13.1 Å². The third-order valence-corrected chi connectivity index (χ3v) is 3.83. The van der Waals surface area contributed by atoms with E-state index in [2.05, 4.69) is 5.10 Å². The third-order valence-electron chi connectivity index (χ3n) is 3.83. The Kier molecular flexibility index (Phi) is 4.61. The average molecular weight is 335 g/mol. The number of anilines is 1. The number of hydrogen-bond acceptors (Lipinski definition) is 4. The molecule has 0 radical (unpaired) electrons. The number of rotatable bonds is 4. The van der Waals surface area contributed by atoms with Crippen LogP contribution >= 0.6 is 0 Å². The van der Waals surface area contributed by atoms with E-state index in [-0.39, 0.29) is 17.0 Å². The lowest BCUT2D eigenvalue weighted by Crippen LogP contribution is -2.30. The molecule has 126 valence electrons. The van der Waals surface area contributed by atoms with Crippen molar-refractivity contribution < 1.29 is 14.3 Å². The number of para-hydroxylation sites is 1. The monoisotopic (exact) mass is 335 g/mol. The zero-order chi connectivity index (χ0) is 17.8. The van der Waals surface area contributed by atoms with Gasteiger partial charge in [-0.1, -0.05) is 30.3 Å². The third kappa shape index (κ3) is 3.14. The molecule has 0 atom stereocenters. The summed E-state index contributed by atoms with van der Waals surface area (Å²) in [5.41, 5.74) is 1.34. The van der Waals surface area contributed by atoms with Gasteiger partial charge < -0.3 is 4.74 Å². The van der Waals surface area contributed by atoms with Gasteiger partial charge in [-0.3, -0.25) is 9.69 Å². The standard InChI is InChI=1S/C19H17N3O3/c1-21(17-12-13-20-22(17)14-8-4-3-5-9-14)18(23)15-10-6-7-11-16(15)19(24)25-2/h3-13H,1-2H3. The summed E-state index contributed by atoms with van der Waals surface area (Å²) in [7, 11) is 2.94. The van der Waals surface area contributed by atoms with E-state index in [1.165, 1.54) is 12.0 Å². The number of amides is 1. The molecule has 0 saturated heterocycles. The molecule has 0 fully saturated rings. The first-order valence-electron chi connectivity index (χ1n) is 7.68. The first kappa shape index (κ1) is 16.4. The number of nitrogens with zero attached hydrogens (tertiary/aromatic N) is 3. The van der Waals surface area contributed by atoms with Crippen molar-refractivity contribution in [1.82, 2.24) is 9.78 Å². The molecule has 1 amide bonds. The molecule has 3 aromatic rings. The van der Waals surface area contributed by atoms with Gasteiger partial charge in [-0.25, -0.2) is 9.48 Å². The minimum absolute atomic E-state index is 0.229. The van der Waals surface area contributed by atoms with Gasteiger partial charge in [-0.05, 0) is 24.3 Å². The maximum atomic E-state index is 12.9. The maximum absolute atomic E-state index is 12.9. The van der Waals surface area contributed by atoms with Gasteiger partial charge >= 0.3 is 5.97 Å². The Balaban J connectivity index is 1.98. The van der Waals surface area contributed by atoms with Crippen LogP contribution in [0.4, 0.5) is 5.82 Å². The van der Waals surface area contributed by atoms with Crippen LogP contribution in [0.5, 0.6) is 0 Å². The Labute approximate surface area is 145 Å². The predicted octanol–water partition coefficient (Wildman–Crippen LogP) is 2.94. The summed E-state index contributed by atoms with van der Waals surface area (Å²) in [4.78, 5) is 26.3. The molecule has 1 aromatic heterocycles. The van der Waals surface area contributed by atoms with E-state index in [9.17, 15) is 9.59 Å². The highest BCUT2D eigenvalue weighted by molar-refractivity contribution is 6.11. The van der Waals surface area contributed by atoms with Crippen molar-refractivity contribution in [2.24, 2.45) is 0 Å². The lowest BCUT2D eigenvalue weighted by molar-refractivity contribution is 0.0597. The number of carbonyl (C=O) groups excluding carboxylic acids is 2. The van der Waals surface area contributed by atoms with Crippen LogP contribution in [0.15, 0.2) is 66.9 Å². The van der Waals surface area contributed by atoms with E-state index >= 15 is 0 Å². The van der Waals surface area contributed by atoms with Crippen molar-refractivity contribution >= 4 is 17.7 Å². The van der Waals surface area contributed by atoms with Crippen molar-refractivity contribution in [2.45, 2.75) is 0 Å². The molecular formula is C19H17N3O3. The normalized spacial score (nSPS) is 10.3. The summed E-state index contributed by atoms with van der Waals surface area (Å²) in [6, 6.07) is 17.8. The molecule has 0 aliphatic rings. The van der Waals surface area contributed by atoms with Crippen molar-refractivity contribution in [3.8, 4) is 5.69 Å². The predicted molar refractivity (Wildman–Crippen MR) is 94.1 cm³/mol. The smallest absolute Gasteiger partial charge is 0.338 e. The van der Waals surface area contributed by atoms with Crippen LogP contribution in [0.25, 0.3) is 5.69 Å². The van der Waals surface area contributed by atoms with Gasteiger partial charge in [0.1, 0.15) is 5.82 Å². The van der Waals surface area contributed by atoms with E-state index in [4.69, 9.17) is 4.74 Å². The summed E-state index contributed by atoms with van der Waals surface area (Å²) in [6.45, 7) is 0. The minimum atomic E-state index is -0.547. The molecule has 0 aliphatic heterocycles. The van der Waals surface area contributed by atoms with Gasteiger partial charge in [0.25, 0.3) is 5.91 Å². The summed E-state index contributed by atoms with van der Waals surface area (Å²) < 4.78 is 6.43. The van der Waals surface area contributed by atoms with Crippen LogP contribution in [0.3, 0.4) is 0 Å². The Morgan fingerprint density at radius 2 is 1.60 bits per heavy atom. The van der Waals surface area contributed by atoms with Crippen LogP contribution in [-0.4, -0.2) is 35.8 Å². The highest BCUT2D eigenvalue weighted by atomic mass is 16.5. The quantitative estimate of drug-likeness (QED) is 0.688. The molecule has 0 saturated carbocycles. The molecule has 0 aliphatic carbocycles. The molecule has 6 nitrogen and oxygen atoms in total. The summed E-state index contributed by atoms with van der Waals surface area (Å²) in [5.74, 6) is -0.275. The number of aromatic nitrogens is 2. The summed E-state index contributed by atoms with van der Waals surface area (Å²) in [5, 5.41) is 4.29. The second-order valence-corrected chi connectivity index (χ2v) is 5.34. The first-order chi connectivity index (χ1) is 12.1. The molecule has 0 spiro atoms. The van der Waals surface area contributed by atoms with Crippen molar-refractivity contribution in [3.63, 3.8) is 0 Å². The summed E-state index contributed by atoms with van der Waals surface area (Å²) >= 11 is 0. The molecule has 2 aromatic carbocycles. The van der Waals surface area contributed by atoms with Crippen molar-refractivity contribution in [1.29, 1.82) is 0 Å². The van der Waals surface area contributed by atoms with Gasteiger partial charge in [0.2, 0.25) is 0 Å². The fourth-order valence-corrected chi connectivity index (χ4v) is 2.56. The van der Waals surface area contributed by atoms with Crippen LogP contribution in [0.1, 0.15) is 20.7 Å². The largest absolute Gasteiger partial charge is 0.465 e. The lowest BCUT2D eigenvalue weighted by Gasteiger charge is -2.19. The highest BCUT2D eigenvalue weighted by Crippen LogP contribution is 2.21. The lowest BCUT2D eigenvalue weighted by atomic mass is 10.1. The molecule has 0 bridgehead atoms. The Morgan fingerprint density at radius 1 is 0.960 bits per heavy atom. The molecule has 3 rings (SSSR count). The van der Waals surface area contributed by atoms with Gasteiger partial charge in [-0.2, -0.15) is 5.10 Å². The van der Waals surface area contributed by atoms with Gasteiger partial charge in [0.05, 0.1) is 30.1 Å². The van der Waals surface area contributed by atoms with E-state index in [1.807, 2.05) is 30.3 Å². The maximum Gasteiger partial charge on any atom is 0.338 e. The number of benzene rings is 2. The zero-order valence-corrected chi connectivity index (χ0v) is 13.9. The molecule has 0 unspecified atom stereocenters. The zero-order valence-electron chi connectivity index (χ0n) is 13.9. The van der Waals surface area contributed by atoms with Crippen LogP contribution in [-0.2, 0) is 4.74 Å². The van der Waals surface area contributed by atoms with Gasteiger partial charge in [-0.15, -0.1) is 0 Å². The number of ether oxygens (including phenoxy) is 1. The van der Waals surface area contributed by atoms with Crippen LogP contribution < -0.4 is 4.90 Å².